The average molecular weight is 528 g/mol. The van der Waals surface area contributed by atoms with E-state index in [0.29, 0.717) is 16.5 Å². The summed E-state index contributed by atoms with van der Waals surface area (Å²) in [6.45, 7) is 0. The lowest BCUT2D eigenvalue weighted by Crippen LogP contribution is -2.48. The van der Waals surface area contributed by atoms with Crippen molar-refractivity contribution in [2.75, 3.05) is 19.5 Å². The van der Waals surface area contributed by atoms with Gasteiger partial charge in [-0.25, -0.2) is 14.4 Å². The molecule has 0 saturated heterocycles. The molecular weight excluding hydrogens is 506 g/mol. The van der Waals surface area contributed by atoms with Crippen LogP contribution in [-0.4, -0.2) is 55.3 Å². The number of hydrogen-bond donors (Lipinski definition) is 2. The highest BCUT2D eigenvalue weighted by Gasteiger charge is 2.41. The van der Waals surface area contributed by atoms with E-state index in [0.717, 1.165) is 0 Å². The first kappa shape index (κ1) is 27.0. The molecule has 37 heavy (non-hydrogen) atoms. The van der Waals surface area contributed by atoms with E-state index in [4.69, 9.17) is 30.5 Å². The molecule has 0 fully saturated rings. The van der Waals surface area contributed by atoms with Gasteiger partial charge >= 0.3 is 17.9 Å². The first-order valence-electron chi connectivity index (χ1n) is 10.7. The lowest BCUT2D eigenvalue weighted by molar-refractivity contribution is -0.157. The highest BCUT2D eigenvalue weighted by molar-refractivity contribution is 6.30. The number of amides is 1. The third-order valence-electron chi connectivity index (χ3n) is 4.97. The number of esters is 2. The molecule has 2 atom stereocenters. The van der Waals surface area contributed by atoms with Crippen molar-refractivity contribution in [3.8, 4) is 11.5 Å². The normalized spacial score (nSPS) is 12.0. The first-order valence-corrected chi connectivity index (χ1v) is 11.1. The lowest BCUT2D eigenvalue weighted by Gasteiger charge is -2.23. The van der Waals surface area contributed by atoms with Gasteiger partial charge in [-0.1, -0.05) is 23.7 Å². The van der Waals surface area contributed by atoms with Crippen LogP contribution in [0.5, 0.6) is 11.5 Å². The summed E-state index contributed by atoms with van der Waals surface area (Å²) in [5, 5.41) is 12.7. The van der Waals surface area contributed by atoms with Gasteiger partial charge in [0.25, 0.3) is 5.91 Å². The zero-order chi connectivity index (χ0) is 26.9. The van der Waals surface area contributed by atoms with Gasteiger partial charge in [-0.2, -0.15) is 0 Å². The zero-order valence-electron chi connectivity index (χ0n) is 19.7. The van der Waals surface area contributed by atoms with Crippen molar-refractivity contribution in [1.29, 1.82) is 0 Å². The molecule has 11 heteroatoms. The summed E-state index contributed by atoms with van der Waals surface area (Å²) in [6.07, 6.45) is -4.26. The van der Waals surface area contributed by atoms with E-state index in [-0.39, 0.29) is 16.8 Å². The fourth-order valence-corrected chi connectivity index (χ4v) is 3.23. The summed E-state index contributed by atoms with van der Waals surface area (Å²) < 4.78 is 20.6. The summed E-state index contributed by atoms with van der Waals surface area (Å²) in [5.74, 6) is -4.24. The fourth-order valence-electron chi connectivity index (χ4n) is 3.11. The number of carboxylic acids is 1. The third-order valence-corrected chi connectivity index (χ3v) is 5.22. The molecule has 0 saturated carbocycles. The van der Waals surface area contributed by atoms with E-state index in [1.807, 2.05) is 0 Å². The van der Waals surface area contributed by atoms with Crippen LogP contribution in [-0.2, 0) is 19.1 Å². The van der Waals surface area contributed by atoms with Crippen LogP contribution in [0.3, 0.4) is 0 Å². The second-order valence-corrected chi connectivity index (χ2v) is 7.89. The molecule has 0 radical (unpaired) electrons. The number of carbonyl (C=O) groups is 4. The second kappa shape index (κ2) is 12.4. The Morgan fingerprint density at radius 3 is 1.70 bits per heavy atom. The van der Waals surface area contributed by atoms with Crippen molar-refractivity contribution in [1.82, 2.24) is 0 Å². The Balaban J connectivity index is 1.92. The average Bonchev–Trinajstić information content (AvgIpc) is 2.91. The van der Waals surface area contributed by atoms with E-state index in [2.05, 4.69) is 5.32 Å². The number of nitrogens with one attached hydrogen (secondary N) is 1. The van der Waals surface area contributed by atoms with Crippen molar-refractivity contribution < 1.29 is 43.2 Å². The minimum Gasteiger partial charge on any atom is -0.497 e. The Morgan fingerprint density at radius 2 is 1.24 bits per heavy atom. The van der Waals surface area contributed by atoms with Crippen LogP contribution in [0.4, 0.5) is 5.69 Å². The Kier molecular flexibility index (Phi) is 9.06. The van der Waals surface area contributed by atoms with Crippen molar-refractivity contribution in [2.45, 2.75) is 12.2 Å². The number of carbonyl (C=O) groups excluding carboxylic acids is 3. The number of ether oxygens (including phenoxy) is 4. The van der Waals surface area contributed by atoms with Gasteiger partial charge in [-0.05, 0) is 60.7 Å². The topological polar surface area (TPSA) is 137 Å². The molecule has 3 aromatic carbocycles. The lowest BCUT2D eigenvalue weighted by atomic mass is 10.1. The number of anilines is 1. The summed E-state index contributed by atoms with van der Waals surface area (Å²) >= 11 is 5.86. The number of rotatable bonds is 10. The molecule has 1 amide bonds. The maximum Gasteiger partial charge on any atom is 0.349 e. The Bertz CT molecular complexity index is 1290. The van der Waals surface area contributed by atoms with E-state index in [9.17, 15) is 24.3 Å². The number of methoxy groups -OCH3 is 2. The molecule has 0 unspecified atom stereocenters. The molecule has 3 aromatic rings. The van der Waals surface area contributed by atoms with Crippen LogP contribution in [0.1, 0.15) is 20.7 Å². The molecule has 0 heterocycles. The molecular formula is C26H22ClNO9. The van der Waals surface area contributed by atoms with Gasteiger partial charge in [0, 0.05) is 10.7 Å². The molecule has 192 valence electrons. The number of halogens is 1. The number of benzene rings is 3. The van der Waals surface area contributed by atoms with Gasteiger partial charge in [-0.15, -0.1) is 0 Å². The largest absolute Gasteiger partial charge is 0.497 e. The number of carboxylic acid groups (broad SMARTS) is 1. The molecule has 3 rings (SSSR count). The van der Waals surface area contributed by atoms with Gasteiger partial charge in [0.1, 0.15) is 11.5 Å². The van der Waals surface area contributed by atoms with E-state index < -0.39 is 36.0 Å². The predicted molar refractivity (Wildman–Crippen MR) is 132 cm³/mol. The molecule has 0 aliphatic carbocycles. The highest BCUT2D eigenvalue weighted by Crippen LogP contribution is 2.20. The molecule has 2 N–H and O–H groups in total. The van der Waals surface area contributed by atoms with Crippen molar-refractivity contribution in [2.24, 2.45) is 0 Å². The van der Waals surface area contributed by atoms with Crippen LogP contribution in [0.25, 0.3) is 0 Å². The van der Waals surface area contributed by atoms with Crippen molar-refractivity contribution in [3.63, 3.8) is 0 Å². The molecule has 0 aromatic heterocycles. The SMILES string of the molecule is COc1cccc(C(=O)O[C@@H](C(=O)O)[C@@H](OC(=O)c2cccc(OC)c2)C(=O)Nc2ccc(Cl)cc2)c1. The molecule has 0 aliphatic heterocycles. The van der Waals surface area contributed by atoms with E-state index in [1.54, 1.807) is 12.1 Å². The number of hydrogen-bond acceptors (Lipinski definition) is 8. The Morgan fingerprint density at radius 1 is 0.757 bits per heavy atom. The van der Waals surface area contributed by atoms with Gasteiger partial charge in [0.2, 0.25) is 12.2 Å². The maximum atomic E-state index is 13.1. The van der Waals surface area contributed by atoms with Crippen LogP contribution >= 0.6 is 11.6 Å². The Hall–Kier alpha value is -4.57. The van der Waals surface area contributed by atoms with E-state index in [1.165, 1.54) is 74.9 Å². The monoisotopic (exact) mass is 527 g/mol. The summed E-state index contributed by atoms with van der Waals surface area (Å²) in [7, 11) is 2.78. The van der Waals surface area contributed by atoms with Crippen LogP contribution in [0.2, 0.25) is 5.02 Å². The standard InChI is InChI=1S/C26H22ClNO9/c1-34-19-7-3-5-15(13-19)25(32)36-21(23(29)28-18-11-9-17(27)10-12-18)22(24(30)31)37-26(33)16-6-4-8-20(14-16)35-2/h3-14,21-22H,1-2H3,(H,28,29)(H,30,31)/t21-,22-/m1/s1. The van der Waals surface area contributed by atoms with Gasteiger partial charge < -0.3 is 29.4 Å². The second-order valence-electron chi connectivity index (χ2n) is 7.45. The Labute approximate surface area is 216 Å². The van der Waals surface area contributed by atoms with Crippen LogP contribution in [0, 0.1) is 0 Å². The van der Waals surface area contributed by atoms with Crippen LogP contribution in [0.15, 0.2) is 72.8 Å². The first-order chi connectivity index (χ1) is 17.7. The highest BCUT2D eigenvalue weighted by atomic mass is 35.5. The summed E-state index contributed by atoms with van der Waals surface area (Å²) in [4.78, 5) is 50.9. The quantitative estimate of drug-likeness (QED) is 0.377. The number of aliphatic carboxylic acids is 1. The third kappa shape index (κ3) is 7.21. The molecule has 0 bridgehead atoms. The fraction of sp³-hybridized carbons (Fsp3) is 0.154. The van der Waals surface area contributed by atoms with Gasteiger partial charge in [-0.3, -0.25) is 4.79 Å². The van der Waals surface area contributed by atoms with Gasteiger partial charge in [0.15, 0.2) is 0 Å². The van der Waals surface area contributed by atoms with Crippen molar-refractivity contribution in [3.05, 3.63) is 88.9 Å². The zero-order valence-corrected chi connectivity index (χ0v) is 20.4. The van der Waals surface area contributed by atoms with Crippen molar-refractivity contribution >= 4 is 41.1 Å². The molecule has 10 nitrogen and oxygen atoms in total. The van der Waals surface area contributed by atoms with E-state index >= 15 is 0 Å². The predicted octanol–water partition coefficient (Wildman–Crippen LogP) is 3.83. The molecule has 0 aliphatic rings. The minimum absolute atomic E-state index is 0.0214. The van der Waals surface area contributed by atoms with Gasteiger partial charge in [0.05, 0.1) is 25.3 Å². The summed E-state index contributed by atoms with van der Waals surface area (Å²) in [5.41, 5.74) is 0.175. The van der Waals surface area contributed by atoms with Crippen LogP contribution < -0.4 is 14.8 Å². The maximum absolute atomic E-state index is 13.1. The minimum atomic E-state index is -2.19. The summed E-state index contributed by atoms with van der Waals surface area (Å²) in [6, 6.07) is 17.5. The smallest absolute Gasteiger partial charge is 0.349 e. The molecule has 0 spiro atoms.